The Kier molecular flexibility index (Phi) is 2.38. The van der Waals surface area contributed by atoms with Gasteiger partial charge in [-0.05, 0) is 26.7 Å². The highest BCUT2D eigenvalue weighted by atomic mass is 16.2. The van der Waals surface area contributed by atoms with Gasteiger partial charge in [0.25, 0.3) is 5.91 Å². The molecule has 2 rings (SSSR count). The molecule has 1 amide bonds. The number of nitrogen functional groups attached to an aromatic ring is 1. The van der Waals surface area contributed by atoms with Crippen LogP contribution in [0.4, 0.5) is 5.69 Å². The highest BCUT2D eigenvalue weighted by Crippen LogP contribution is 2.42. The molecule has 15 heavy (non-hydrogen) atoms. The van der Waals surface area contributed by atoms with E-state index in [1.807, 2.05) is 13.8 Å². The number of H-pyrrole nitrogens is 1. The normalized spacial score (nSPS) is 15.7. The van der Waals surface area contributed by atoms with Crippen LogP contribution in [0, 0.1) is 0 Å². The molecule has 0 spiro atoms. The lowest BCUT2D eigenvalue weighted by atomic mass is 10.2. The number of aromatic nitrogens is 2. The number of nitrogens with one attached hydrogen (secondary N) is 2. The molecule has 0 aliphatic heterocycles. The van der Waals surface area contributed by atoms with Gasteiger partial charge in [0, 0.05) is 12.0 Å². The largest absolute Gasteiger partial charge is 0.395 e. The number of hydrogen-bond donors (Lipinski definition) is 3. The molecule has 1 saturated carbocycles. The molecule has 0 atom stereocenters. The third-order valence-electron chi connectivity index (χ3n) is 2.45. The van der Waals surface area contributed by atoms with E-state index >= 15 is 0 Å². The average Bonchev–Trinajstić information content (AvgIpc) is 2.89. The van der Waals surface area contributed by atoms with Crippen molar-refractivity contribution >= 4 is 11.6 Å². The Hall–Kier alpha value is -1.52. The van der Waals surface area contributed by atoms with Crippen molar-refractivity contribution in [3.63, 3.8) is 0 Å². The van der Waals surface area contributed by atoms with E-state index in [9.17, 15) is 4.79 Å². The third-order valence-corrected chi connectivity index (χ3v) is 2.45. The molecule has 82 valence electrons. The number of nitrogens with zero attached hydrogens (tertiary/aromatic N) is 1. The summed E-state index contributed by atoms with van der Waals surface area (Å²) >= 11 is 0. The van der Waals surface area contributed by atoms with E-state index in [1.165, 1.54) is 0 Å². The molecule has 0 aromatic carbocycles. The monoisotopic (exact) mass is 208 g/mol. The smallest absolute Gasteiger partial charge is 0.274 e. The van der Waals surface area contributed by atoms with Gasteiger partial charge >= 0.3 is 0 Å². The van der Waals surface area contributed by atoms with E-state index in [4.69, 9.17) is 5.73 Å². The Balaban J connectivity index is 2.17. The number of carbonyl (C=O) groups excluding carboxylic acids is 1. The van der Waals surface area contributed by atoms with Crippen LogP contribution in [0.1, 0.15) is 48.8 Å². The zero-order valence-corrected chi connectivity index (χ0v) is 9.00. The van der Waals surface area contributed by atoms with Crippen molar-refractivity contribution in [3.05, 3.63) is 11.4 Å². The number of aromatic amines is 1. The van der Waals surface area contributed by atoms with E-state index in [1.54, 1.807) is 0 Å². The first-order valence-electron chi connectivity index (χ1n) is 5.24. The molecule has 1 aliphatic rings. The van der Waals surface area contributed by atoms with Crippen LogP contribution in [-0.2, 0) is 0 Å². The maximum Gasteiger partial charge on any atom is 0.274 e. The van der Waals surface area contributed by atoms with E-state index < -0.39 is 0 Å². The molecular formula is C10H16N4O. The predicted molar refractivity (Wildman–Crippen MR) is 57.6 cm³/mol. The van der Waals surface area contributed by atoms with Crippen LogP contribution in [0.15, 0.2) is 0 Å². The fraction of sp³-hybridized carbons (Fsp3) is 0.600. The maximum atomic E-state index is 11.7. The molecule has 4 N–H and O–H groups in total. The minimum atomic E-state index is -0.203. The summed E-state index contributed by atoms with van der Waals surface area (Å²) in [6.07, 6.45) is 2.27. The number of nitrogens with two attached hydrogens (primary N) is 1. The molecule has 5 heteroatoms. The molecule has 0 bridgehead atoms. The summed E-state index contributed by atoms with van der Waals surface area (Å²) in [6, 6.07) is 0.0953. The van der Waals surface area contributed by atoms with Gasteiger partial charge in [0.05, 0.1) is 11.4 Å². The van der Waals surface area contributed by atoms with Gasteiger partial charge in [-0.1, -0.05) is 0 Å². The first-order chi connectivity index (χ1) is 7.09. The number of carbonyl (C=O) groups is 1. The highest BCUT2D eigenvalue weighted by molar-refractivity contribution is 5.97. The number of anilines is 1. The lowest BCUT2D eigenvalue weighted by Gasteiger charge is -2.06. The summed E-state index contributed by atoms with van der Waals surface area (Å²) in [5.74, 6) is 0.281. The molecule has 1 aromatic heterocycles. The van der Waals surface area contributed by atoms with Crippen LogP contribution >= 0.6 is 0 Å². The summed E-state index contributed by atoms with van der Waals surface area (Å²) in [7, 11) is 0. The number of hydrogen-bond acceptors (Lipinski definition) is 3. The van der Waals surface area contributed by atoms with Gasteiger partial charge in [-0.2, -0.15) is 5.10 Å². The van der Waals surface area contributed by atoms with Gasteiger partial charge in [-0.25, -0.2) is 0 Å². The van der Waals surface area contributed by atoms with Crippen LogP contribution in [0.5, 0.6) is 0 Å². The van der Waals surface area contributed by atoms with Gasteiger partial charge in [0.1, 0.15) is 0 Å². The second-order valence-electron chi connectivity index (χ2n) is 4.30. The minimum Gasteiger partial charge on any atom is -0.395 e. The van der Waals surface area contributed by atoms with Crippen molar-refractivity contribution in [2.24, 2.45) is 0 Å². The molecule has 1 aromatic rings. The zero-order valence-electron chi connectivity index (χ0n) is 9.00. The zero-order chi connectivity index (χ0) is 11.0. The second-order valence-corrected chi connectivity index (χ2v) is 4.30. The first-order valence-corrected chi connectivity index (χ1v) is 5.24. The average molecular weight is 208 g/mol. The van der Waals surface area contributed by atoms with Crippen molar-refractivity contribution < 1.29 is 4.79 Å². The molecule has 1 aliphatic carbocycles. The molecule has 1 fully saturated rings. The van der Waals surface area contributed by atoms with Crippen molar-refractivity contribution in [2.45, 2.75) is 38.6 Å². The van der Waals surface area contributed by atoms with Crippen LogP contribution in [0.3, 0.4) is 0 Å². The second kappa shape index (κ2) is 3.56. The quantitative estimate of drug-likeness (QED) is 0.693. The first kappa shape index (κ1) is 10.0. The predicted octanol–water partition coefficient (Wildman–Crippen LogP) is 1.01. The summed E-state index contributed by atoms with van der Waals surface area (Å²) in [6.45, 7) is 3.81. The molecule has 1 heterocycles. The van der Waals surface area contributed by atoms with Crippen molar-refractivity contribution in [3.8, 4) is 0 Å². The Morgan fingerprint density at radius 1 is 1.60 bits per heavy atom. The van der Waals surface area contributed by atoms with Gasteiger partial charge in [0.2, 0.25) is 0 Å². The highest BCUT2D eigenvalue weighted by Gasteiger charge is 2.30. The van der Waals surface area contributed by atoms with E-state index in [0.717, 1.165) is 18.5 Å². The Morgan fingerprint density at radius 3 is 2.80 bits per heavy atom. The number of amides is 1. The third kappa shape index (κ3) is 1.95. The maximum absolute atomic E-state index is 11.7. The summed E-state index contributed by atoms with van der Waals surface area (Å²) < 4.78 is 0. The molecular weight excluding hydrogens is 192 g/mol. The fourth-order valence-corrected chi connectivity index (χ4v) is 1.55. The molecule has 0 unspecified atom stereocenters. The van der Waals surface area contributed by atoms with Crippen LogP contribution < -0.4 is 11.1 Å². The lowest BCUT2D eigenvalue weighted by Crippen LogP contribution is -2.30. The number of rotatable bonds is 3. The van der Waals surface area contributed by atoms with Crippen molar-refractivity contribution in [1.82, 2.24) is 15.5 Å². The Morgan fingerprint density at radius 2 is 2.27 bits per heavy atom. The van der Waals surface area contributed by atoms with Gasteiger partial charge in [-0.3, -0.25) is 9.89 Å². The van der Waals surface area contributed by atoms with Crippen LogP contribution in [0.25, 0.3) is 0 Å². The summed E-state index contributed by atoms with van der Waals surface area (Å²) in [4.78, 5) is 11.7. The summed E-state index contributed by atoms with van der Waals surface area (Å²) in [5, 5.41) is 9.59. The van der Waals surface area contributed by atoms with Crippen molar-refractivity contribution in [2.75, 3.05) is 5.73 Å². The fourth-order valence-electron chi connectivity index (χ4n) is 1.55. The van der Waals surface area contributed by atoms with E-state index in [0.29, 0.717) is 17.3 Å². The molecule has 5 nitrogen and oxygen atoms in total. The SMILES string of the molecule is CC(C)NC(=O)c1n[nH]c(C2CC2)c1N. The molecule has 0 radical (unpaired) electrons. The topological polar surface area (TPSA) is 83.8 Å². The van der Waals surface area contributed by atoms with Crippen LogP contribution in [0.2, 0.25) is 0 Å². The Labute approximate surface area is 88.4 Å². The van der Waals surface area contributed by atoms with Crippen LogP contribution in [-0.4, -0.2) is 22.1 Å². The van der Waals surface area contributed by atoms with E-state index in [2.05, 4.69) is 15.5 Å². The van der Waals surface area contributed by atoms with Gasteiger partial charge < -0.3 is 11.1 Å². The Bertz CT molecular complexity index is 379. The summed E-state index contributed by atoms with van der Waals surface area (Å²) in [5.41, 5.74) is 7.62. The molecule has 0 saturated heterocycles. The van der Waals surface area contributed by atoms with E-state index in [-0.39, 0.29) is 11.9 Å². The van der Waals surface area contributed by atoms with Crippen molar-refractivity contribution in [1.29, 1.82) is 0 Å². The van der Waals surface area contributed by atoms with Gasteiger partial charge in [-0.15, -0.1) is 0 Å². The van der Waals surface area contributed by atoms with Gasteiger partial charge in [0.15, 0.2) is 5.69 Å². The minimum absolute atomic E-state index is 0.0953. The lowest BCUT2D eigenvalue weighted by molar-refractivity contribution is 0.0939. The standard InChI is InChI=1S/C10H16N4O/c1-5(2)12-10(15)9-7(11)8(13-14-9)6-3-4-6/h5-6H,3-4,11H2,1-2H3,(H,12,15)(H,13,14).